The number of hydrogen-bond acceptors (Lipinski definition) is 4. The molecule has 2 rings (SSSR count). The van der Waals surface area contributed by atoms with Crippen LogP contribution in [0.25, 0.3) is 0 Å². The van der Waals surface area contributed by atoms with Crippen molar-refractivity contribution in [1.82, 2.24) is 5.32 Å². The molecule has 0 spiro atoms. The van der Waals surface area contributed by atoms with Crippen molar-refractivity contribution in [1.29, 1.82) is 0 Å². The molecule has 2 aromatic carbocycles. The summed E-state index contributed by atoms with van der Waals surface area (Å²) in [5.41, 5.74) is 0.839. The molecule has 0 aliphatic carbocycles. The molecule has 0 saturated heterocycles. The number of benzene rings is 2. The van der Waals surface area contributed by atoms with Gasteiger partial charge in [-0.05, 0) is 42.7 Å². The summed E-state index contributed by atoms with van der Waals surface area (Å²) in [6.45, 7) is 3.81. The first kappa shape index (κ1) is 21.3. The van der Waals surface area contributed by atoms with Crippen molar-refractivity contribution < 1.29 is 17.9 Å². The first-order chi connectivity index (χ1) is 12.8. The largest absolute Gasteiger partial charge is 0.479 e. The summed E-state index contributed by atoms with van der Waals surface area (Å²) >= 11 is 6.10. The van der Waals surface area contributed by atoms with Gasteiger partial charge in [0.05, 0.1) is 16.0 Å². The van der Waals surface area contributed by atoms with Gasteiger partial charge in [0.25, 0.3) is 5.91 Å². The Kier molecular flexibility index (Phi) is 7.27. The Bertz CT molecular complexity index is 881. The van der Waals surface area contributed by atoms with E-state index in [1.807, 2.05) is 13.8 Å². The normalized spacial score (nSPS) is 13.6. The van der Waals surface area contributed by atoms with E-state index in [9.17, 15) is 13.2 Å². The Hall–Kier alpha value is -2.05. The smallest absolute Gasteiger partial charge is 0.261 e. The van der Waals surface area contributed by atoms with Gasteiger partial charge in [0.1, 0.15) is 5.75 Å². The molecule has 0 unspecified atom stereocenters. The van der Waals surface area contributed by atoms with Crippen molar-refractivity contribution in [3.63, 3.8) is 0 Å². The molecule has 0 fully saturated rings. The van der Waals surface area contributed by atoms with Gasteiger partial charge < -0.3 is 10.1 Å². The van der Waals surface area contributed by atoms with E-state index >= 15 is 0 Å². The average molecular weight is 410 g/mol. The molecule has 2 atom stereocenters. The minimum atomic E-state index is -3.25. The summed E-state index contributed by atoms with van der Waals surface area (Å²) in [6.07, 6.45) is 1.64. The van der Waals surface area contributed by atoms with Crippen LogP contribution in [0.3, 0.4) is 0 Å². The van der Waals surface area contributed by atoms with Crippen LogP contribution in [0.15, 0.2) is 53.4 Å². The molecule has 27 heavy (non-hydrogen) atoms. The van der Waals surface area contributed by atoms with Crippen LogP contribution in [0.5, 0.6) is 5.75 Å². The third-order valence-electron chi connectivity index (χ3n) is 4.20. The molecule has 0 aliphatic heterocycles. The lowest BCUT2D eigenvalue weighted by Crippen LogP contribution is -2.40. The van der Waals surface area contributed by atoms with E-state index in [1.165, 1.54) is 6.26 Å². The monoisotopic (exact) mass is 409 g/mol. The maximum Gasteiger partial charge on any atom is 0.261 e. The Morgan fingerprint density at radius 2 is 1.70 bits per heavy atom. The number of ether oxygens (including phenoxy) is 1. The lowest BCUT2D eigenvalue weighted by Gasteiger charge is -2.23. The van der Waals surface area contributed by atoms with Crippen LogP contribution in [0.2, 0.25) is 5.02 Å². The quantitative estimate of drug-likeness (QED) is 0.710. The molecule has 2 aromatic rings. The van der Waals surface area contributed by atoms with E-state index in [0.717, 1.165) is 5.56 Å². The lowest BCUT2D eigenvalue weighted by molar-refractivity contribution is -0.128. The Labute approximate surface area is 165 Å². The fraction of sp³-hybridized carbons (Fsp3) is 0.350. The minimum absolute atomic E-state index is 0.239. The van der Waals surface area contributed by atoms with Gasteiger partial charge in [-0.3, -0.25) is 4.79 Å². The molecular weight excluding hydrogens is 386 g/mol. The first-order valence-electron chi connectivity index (χ1n) is 8.77. The summed E-state index contributed by atoms with van der Waals surface area (Å²) in [6, 6.07) is 13.3. The van der Waals surface area contributed by atoms with Crippen molar-refractivity contribution in [2.24, 2.45) is 0 Å². The second-order valence-corrected chi connectivity index (χ2v) is 8.68. The molecule has 5 nitrogen and oxygen atoms in total. The highest BCUT2D eigenvalue weighted by Gasteiger charge is 2.23. The Balaban J connectivity index is 2.11. The van der Waals surface area contributed by atoms with Crippen LogP contribution >= 0.6 is 11.6 Å². The number of amides is 1. The highest BCUT2D eigenvalue weighted by molar-refractivity contribution is 7.90. The van der Waals surface area contributed by atoms with Gasteiger partial charge in [-0.25, -0.2) is 8.42 Å². The van der Waals surface area contributed by atoms with Crippen molar-refractivity contribution >= 4 is 27.3 Å². The van der Waals surface area contributed by atoms with E-state index in [4.69, 9.17) is 16.3 Å². The van der Waals surface area contributed by atoms with Crippen LogP contribution in [-0.4, -0.2) is 26.7 Å². The second kappa shape index (κ2) is 9.24. The minimum Gasteiger partial charge on any atom is -0.479 e. The molecular formula is C20H24ClNO4S. The molecule has 0 bridgehead atoms. The zero-order valence-corrected chi connectivity index (χ0v) is 17.2. The van der Waals surface area contributed by atoms with Gasteiger partial charge in [-0.1, -0.05) is 49.7 Å². The zero-order valence-electron chi connectivity index (χ0n) is 15.6. The summed E-state index contributed by atoms with van der Waals surface area (Å²) in [5.74, 6) is 0.225. The van der Waals surface area contributed by atoms with E-state index in [2.05, 4.69) is 5.32 Å². The highest BCUT2D eigenvalue weighted by atomic mass is 35.5. The lowest BCUT2D eigenvalue weighted by atomic mass is 10.0. The van der Waals surface area contributed by atoms with Crippen molar-refractivity contribution in [2.75, 3.05) is 6.26 Å². The number of hydrogen-bond donors (Lipinski definition) is 1. The van der Waals surface area contributed by atoms with Gasteiger partial charge in [-0.15, -0.1) is 0 Å². The van der Waals surface area contributed by atoms with Crippen molar-refractivity contribution in [3.05, 3.63) is 59.1 Å². The number of rotatable bonds is 8. The highest BCUT2D eigenvalue weighted by Crippen LogP contribution is 2.25. The Morgan fingerprint density at radius 3 is 2.22 bits per heavy atom. The van der Waals surface area contributed by atoms with Crippen LogP contribution in [0.1, 0.15) is 38.3 Å². The number of nitrogens with one attached hydrogen (secondary N) is 1. The predicted octanol–water partition coefficient (Wildman–Crippen LogP) is 4.17. The topological polar surface area (TPSA) is 72.5 Å². The van der Waals surface area contributed by atoms with Crippen LogP contribution in [0.4, 0.5) is 0 Å². The fourth-order valence-corrected chi connectivity index (χ4v) is 3.46. The summed E-state index contributed by atoms with van der Waals surface area (Å²) in [4.78, 5) is 12.9. The third kappa shape index (κ3) is 5.71. The molecule has 146 valence electrons. The maximum atomic E-state index is 12.7. The van der Waals surface area contributed by atoms with Gasteiger partial charge in [0.2, 0.25) is 0 Å². The number of halogens is 1. The zero-order chi connectivity index (χ0) is 20.0. The Morgan fingerprint density at radius 1 is 1.07 bits per heavy atom. The first-order valence-corrected chi connectivity index (χ1v) is 11.0. The van der Waals surface area contributed by atoms with Crippen LogP contribution in [-0.2, 0) is 14.6 Å². The van der Waals surface area contributed by atoms with Gasteiger partial charge in [0.15, 0.2) is 15.9 Å². The van der Waals surface area contributed by atoms with Crippen LogP contribution in [0, 0.1) is 0 Å². The molecule has 0 heterocycles. The van der Waals surface area contributed by atoms with Gasteiger partial charge in [-0.2, -0.15) is 0 Å². The number of sulfone groups is 1. The SMILES string of the molecule is CC[C@H](Oc1ccccc1Cl)C(=O)N[C@H](CC)c1ccc(S(C)(=O)=O)cc1. The van der Waals surface area contributed by atoms with E-state index in [-0.39, 0.29) is 16.8 Å². The molecule has 7 heteroatoms. The molecule has 0 saturated carbocycles. The third-order valence-corrected chi connectivity index (χ3v) is 5.65. The predicted molar refractivity (Wildman–Crippen MR) is 107 cm³/mol. The van der Waals surface area contributed by atoms with Crippen molar-refractivity contribution in [2.45, 2.75) is 43.7 Å². The number of carbonyl (C=O) groups excluding carboxylic acids is 1. The van der Waals surface area contributed by atoms with E-state index < -0.39 is 15.9 Å². The molecule has 1 amide bonds. The van der Waals surface area contributed by atoms with Gasteiger partial charge in [0, 0.05) is 6.26 Å². The number of carbonyl (C=O) groups is 1. The van der Waals surface area contributed by atoms with E-state index in [0.29, 0.717) is 23.6 Å². The molecule has 1 N–H and O–H groups in total. The standard InChI is InChI=1S/C20H24ClNO4S/c1-4-17(14-10-12-15(13-11-14)27(3,24)25)22-20(23)18(5-2)26-19-9-7-6-8-16(19)21/h6-13,17-18H,4-5H2,1-3H3,(H,22,23)/t17-,18+/m1/s1. The second-order valence-electron chi connectivity index (χ2n) is 6.26. The van der Waals surface area contributed by atoms with Crippen molar-refractivity contribution in [3.8, 4) is 5.75 Å². The summed E-state index contributed by atoms with van der Waals surface area (Å²) in [7, 11) is -3.25. The molecule has 0 aliphatic rings. The van der Waals surface area contributed by atoms with Gasteiger partial charge >= 0.3 is 0 Å². The fourth-order valence-electron chi connectivity index (χ4n) is 2.65. The van der Waals surface area contributed by atoms with Crippen LogP contribution < -0.4 is 10.1 Å². The average Bonchev–Trinajstić information content (AvgIpc) is 2.64. The number of para-hydroxylation sites is 1. The van der Waals surface area contributed by atoms with E-state index in [1.54, 1.807) is 48.5 Å². The summed E-state index contributed by atoms with van der Waals surface area (Å²) in [5, 5.41) is 3.43. The summed E-state index contributed by atoms with van der Waals surface area (Å²) < 4.78 is 29.0. The molecule has 0 aromatic heterocycles. The maximum absolute atomic E-state index is 12.7. The molecule has 0 radical (unpaired) electrons.